The van der Waals surface area contributed by atoms with Gasteiger partial charge in [0.05, 0.1) is 28.9 Å². The molecule has 4 aromatic rings. The second-order valence-electron chi connectivity index (χ2n) is 6.04. The molecule has 0 atom stereocenters. The molecule has 2 heterocycles. The zero-order chi connectivity index (χ0) is 17.9. The predicted octanol–water partition coefficient (Wildman–Crippen LogP) is 4.59. The van der Waals surface area contributed by atoms with Crippen LogP contribution in [0.2, 0.25) is 0 Å². The normalized spacial score (nSPS) is 11.0. The first kappa shape index (κ1) is 16.9. The predicted molar refractivity (Wildman–Crippen MR) is 107 cm³/mol. The lowest BCUT2D eigenvalue weighted by Gasteiger charge is -2.01. The van der Waals surface area contributed by atoms with Crippen LogP contribution in [-0.2, 0) is 17.8 Å². The molecule has 26 heavy (non-hydrogen) atoms. The van der Waals surface area contributed by atoms with Gasteiger partial charge in [0.1, 0.15) is 10.0 Å². The van der Waals surface area contributed by atoms with Crippen molar-refractivity contribution < 1.29 is 4.79 Å². The Morgan fingerprint density at radius 1 is 1.12 bits per heavy atom. The number of fused-ring (bicyclic) bond motifs is 1. The van der Waals surface area contributed by atoms with Crippen LogP contribution >= 0.6 is 22.7 Å². The number of carbonyl (C=O) groups excluding carboxylic acids is 1. The zero-order valence-corrected chi connectivity index (χ0v) is 15.9. The van der Waals surface area contributed by atoms with E-state index in [2.05, 4.69) is 34.3 Å². The van der Waals surface area contributed by atoms with Crippen molar-refractivity contribution in [1.82, 2.24) is 15.3 Å². The minimum atomic E-state index is -0.0367. The standard InChI is InChI=1S/C20H17N3OS2/c1-13-5-4-6-14(9-13)20-22-15(12-25-20)10-18(24)21-11-19-23-16-7-2-3-8-17(16)26-19/h2-9,12H,10-11H2,1H3,(H,21,24). The van der Waals surface area contributed by atoms with Gasteiger partial charge in [0.15, 0.2) is 0 Å². The lowest BCUT2D eigenvalue weighted by molar-refractivity contribution is -0.120. The Balaban J connectivity index is 1.37. The summed E-state index contributed by atoms with van der Waals surface area (Å²) >= 11 is 3.18. The summed E-state index contributed by atoms with van der Waals surface area (Å²) in [6.07, 6.45) is 0.285. The van der Waals surface area contributed by atoms with Crippen LogP contribution in [-0.4, -0.2) is 15.9 Å². The molecule has 0 saturated carbocycles. The van der Waals surface area contributed by atoms with E-state index in [1.807, 2.05) is 41.8 Å². The molecule has 0 unspecified atom stereocenters. The molecule has 6 heteroatoms. The highest BCUT2D eigenvalue weighted by atomic mass is 32.1. The molecule has 4 nitrogen and oxygen atoms in total. The van der Waals surface area contributed by atoms with Gasteiger partial charge in [-0.1, -0.05) is 35.9 Å². The van der Waals surface area contributed by atoms with Crippen LogP contribution in [0, 0.1) is 6.92 Å². The molecular formula is C20H17N3OS2. The Morgan fingerprint density at radius 3 is 2.85 bits per heavy atom. The fourth-order valence-electron chi connectivity index (χ4n) is 2.70. The second-order valence-corrected chi connectivity index (χ2v) is 8.02. The van der Waals surface area contributed by atoms with Gasteiger partial charge in [0.2, 0.25) is 5.91 Å². The number of benzene rings is 2. The van der Waals surface area contributed by atoms with Crippen molar-refractivity contribution in [2.75, 3.05) is 0 Å². The molecule has 0 spiro atoms. The van der Waals surface area contributed by atoms with Gasteiger partial charge in [-0.2, -0.15) is 0 Å². The molecule has 1 N–H and O–H groups in total. The van der Waals surface area contributed by atoms with Crippen molar-refractivity contribution in [3.05, 3.63) is 70.2 Å². The number of aromatic nitrogens is 2. The minimum Gasteiger partial charge on any atom is -0.349 e. The van der Waals surface area contributed by atoms with E-state index in [1.54, 1.807) is 22.7 Å². The van der Waals surface area contributed by atoms with E-state index in [9.17, 15) is 4.79 Å². The van der Waals surface area contributed by atoms with Gasteiger partial charge in [0, 0.05) is 10.9 Å². The van der Waals surface area contributed by atoms with Gasteiger partial charge < -0.3 is 5.32 Å². The SMILES string of the molecule is Cc1cccc(-c2nc(CC(=O)NCc3nc4ccccc4s3)cs2)c1. The zero-order valence-electron chi connectivity index (χ0n) is 14.2. The van der Waals surface area contributed by atoms with Crippen molar-refractivity contribution in [1.29, 1.82) is 0 Å². The lowest BCUT2D eigenvalue weighted by atomic mass is 10.1. The van der Waals surface area contributed by atoms with Crippen LogP contribution in [0.25, 0.3) is 20.8 Å². The maximum Gasteiger partial charge on any atom is 0.226 e. The summed E-state index contributed by atoms with van der Waals surface area (Å²) in [5.41, 5.74) is 4.07. The van der Waals surface area contributed by atoms with E-state index in [0.29, 0.717) is 6.54 Å². The number of rotatable bonds is 5. The third-order valence-electron chi connectivity index (χ3n) is 3.93. The molecule has 0 aliphatic rings. The summed E-state index contributed by atoms with van der Waals surface area (Å²) in [7, 11) is 0. The number of thiazole rings is 2. The largest absolute Gasteiger partial charge is 0.349 e. The maximum absolute atomic E-state index is 12.2. The number of nitrogens with one attached hydrogen (secondary N) is 1. The molecule has 1 amide bonds. The average Bonchev–Trinajstić information content (AvgIpc) is 3.26. The Bertz CT molecular complexity index is 1030. The van der Waals surface area contributed by atoms with Crippen LogP contribution in [0.15, 0.2) is 53.9 Å². The summed E-state index contributed by atoms with van der Waals surface area (Å²) in [5, 5.41) is 6.76. The van der Waals surface area contributed by atoms with Crippen molar-refractivity contribution in [2.45, 2.75) is 19.9 Å². The summed E-state index contributed by atoms with van der Waals surface area (Å²) in [5.74, 6) is -0.0367. The van der Waals surface area contributed by atoms with Crippen molar-refractivity contribution >= 4 is 38.8 Å². The molecule has 2 aromatic carbocycles. The molecule has 0 saturated heterocycles. The Morgan fingerprint density at radius 2 is 2.00 bits per heavy atom. The highest BCUT2D eigenvalue weighted by Crippen LogP contribution is 2.25. The first-order chi connectivity index (χ1) is 12.7. The average molecular weight is 380 g/mol. The molecule has 0 radical (unpaired) electrons. The topological polar surface area (TPSA) is 54.9 Å². The fraction of sp³-hybridized carbons (Fsp3) is 0.150. The number of para-hydroxylation sites is 1. The van der Waals surface area contributed by atoms with Crippen LogP contribution in [0.5, 0.6) is 0 Å². The molecule has 0 aliphatic heterocycles. The number of amides is 1. The first-order valence-corrected chi connectivity index (χ1v) is 9.99. The van der Waals surface area contributed by atoms with Gasteiger partial charge >= 0.3 is 0 Å². The maximum atomic E-state index is 12.2. The number of nitrogens with zero attached hydrogens (tertiary/aromatic N) is 2. The van der Waals surface area contributed by atoms with Gasteiger partial charge in [-0.05, 0) is 25.1 Å². The smallest absolute Gasteiger partial charge is 0.226 e. The number of carbonyl (C=O) groups is 1. The number of hydrogen-bond acceptors (Lipinski definition) is 5. The van der Waals surface area contributed by atoms with Crippen molar-refractivity contribution in [3.63, 3.8) is 0 Å². The van der Waals surface area contributed by atoms with Gasteiger partial charge in [-0.15, -0.1) is 22.7 Å². The Kier molecular flexibility index (Phi) is 4.77. The highest BCUT2D eigenvalue weighted by Gasteiger charge is 2.10. The van der Waals surface area contributed by atoms with Crippen LogP contribution in [0.4, 0.5) is 0 Å². The van der Waals surface area contributed by atoms with Gasteiger partial charge in [0.25, 0.3) is 0 Å². The van der Waals surface area contributed by atoms with E-state index >= 15 is 0 Å². The summed E-state index contributed by atoms with van der Waals surface area (Å²) in [4.78, 5) is 21.4. The monoisotopic (exact) mass is 379 g/mol. The Labute approximate surface area is 159 Å². The molecular weight excluding hydrogens is 362 g/mol. The molecule has 130 valence electrons. The molecule has 0 bridgehead atoms. The number of aryl methyl sites for hydroxylation is 1. The second kappa shape index (κ2) is 7.35. The van der Waals surface area contributed by atoms with E-state index in [-0.39, 0.29) is 12.3 Å². The number of hydrogen-bond donors (Lipinski definition) is 1. The molecule has 0 fully saturated rings. The lowest BCUT2D eigenvalue weighted by Crippen LogP contribution is -2.24. The minimum absolute atomic E-state index is 0.0367. The summed E-state index contributed by atoms with van der Waals surface area (Å²) < 4.78 is 1.14. The van der Waals surface area contributed by atoms with E-state index in [1.165, 1.54) is 5.56 Å². The summed E-state index contributed by atoms with van der Waals surface area (Å²) in [6.45, 7) is 2.51. The highest BCUT2D eigenvalue weighted by molar-refractivity contribution is 7.18. The Hall–Kier alpha value is -2.57. The molecule has 2 aromatic heterocycles. The molecule has 4 rings (SSSR count). The van der Waals surface area contributed by atoms with Crippen LogP contribution < -0.4 is 5.32 Å². The van der Waals surface area contributed by atoms with Gasteiger partial charge in [-0.3, -0.25) is 4.79 Å². The van der Waals surface area contributed by atoms with E-state index < -0.39 is 0 Å². The van der Waals surface area contributed by atoms with Crippen molar-refractivity contribution in [3.8, 4) is 10.6 Å². The van der Waals surface area contributed by atoms with E-state index in [0.717, 1.165) is 31.5 Å². The molecule has 0 aliphatic carbocycles. The third-order valence-corrected chi connectivity index (χ3v) is 5.91. The third kappa shape index (κ3) is 3.81. The van der Waals surface area contributed by atoms with Crippen molar-refractivity contribution in [2.24, 2.45) is 0 Å². The van der Waals surface area contributed by atoms with E-state index in [4.69, 9.17) is 0 Å². The van der Waals surface area contributed by atoms with Gasteiger partial charge in [-0.25, -0.2) is 9.97 Å². The summed E-state index contributed by atoms with van der Waals surface area (Å²) in [6, 6.07) is 16.2. The van der Waals surface area contributed by atoms with Crippen LogP contribution in [0.3, 0.4) is 0 Å². The van der Waals surface area contributed by atoms with Crippen LogP contribution in [0.1, 0.15) is 16.3 Å². The fourth-order valence-corrected chi connectivity index (χ4v) is 4.42. The first-order valence-electron chi connectivity index (χ1n) is 8.30. The quantitative estimate of drug-likeness (QED) is 0.552.